The van der Waals surface area contributed by atoms with Crippen LogP contribution in [0.3, 0.4) is 0 Å². The van der Waals surface area contributed by atoms with Crippen LogP contribution in [-0.4, -0.2) is 38.3 Å². The van der Waals surface area contributed by atoms with Gasteiger partial charge in [0.15, 0.2) is 0 Å². The monoisotopic (exact) mass is 306 g/mol. The van der Waals surface area contributed by atoms with Gasteiger partial charge < -0.3 is 19.8 Å². The summed E-state index contributed by atoms with van der Waals surface area (Å²) in [6.45, 7) is 2.80. The molecule has 2 unspecified atom stereocenters. The minimum atomic E-state index is -1.03. The fourth-order valence-corrected chi connectivity index (χ4v) is 2.82. The molecular weight excluding hydrogens is 287 g/mol. The van der Waals surface area contributed by atoms with Crippen LogP contribution >= 0.6 is 0 Å². The largest absolute Gasteiger partial charge is 0.497 e. The minimum Gasteiger partial charge on any atom is -0.497 e. The Labute approximate surface area is 127 Å². The van der Waals surface area contributed by atoms with Crippen molar-refractivity contribution < 1.29 is 18.3 Å². The van der Waals surface area contributed by atoms with Crippen LogP contribution in [0, 0.1) is 6.92 Å². The number of rotatable bonds is 3. The molecule has 2 atom stereocenters. The van der Waals surface area contributed by atoms with E-state index in [1.165, 1.54) is 0 Å². The number of furan rings is 1. The van der Waals surface area contributed by atoms with E-state index in [1.807, 2.05) is 0 Å². The van der Waals surface area contributed by atoms with E-state index in [2.05, 4.69) is 10.6 Å². The Hall–Kier alpha value is -2.08. The maximum absolute atomic E-state index is 13.9. The van der Waals surface area contributed by atoms with Crippen LogP contribution < -0.4 is 15.4 Å². The smallest absolute Gasteiger partial charge is 0.255 e. The molecule has 22 heavy (non-hydrogen) atoms. The quantitative estimate of drug-likeness (QED) is 0.912. The summed E-state index contributed by atoms with van der Waals surface area (Å²) in [5.41, 5.74) is 1.05. The molecule has 0 radical (unpaired) electrons. The Morgan fingerprint density at radius 2 is 2.32 bits per heavy atom. The number of methoxy groups -OCH3 is 1. The number of ether oxygens (including phenoxy) is 1. The molecule has 1 amide bonds. The highest BCUT2D eigenvalue weighted by atomic mass is 19.1. The first-order valence-electron chi connectivity index (χ1n) is 7.33. The number of amides is 1. The number of nitrogens with one attached hydrogen (secondary N) is 2. The van der Waals surface area contributed by atoms with Gasteiger partial charge in [0.1, 0.15) is 23.3 Å². The van der Waals surface area contributed by atoms with E-state index in [9.17, 15) is 9.18 Å². The lowest BCUT2D eigenvalue weighted by Crippen LogP contribution is -2.52. The molecule has 1 aliphatic rings. The molecule has 0 spiro atoms. The van der Waals surface area contributed by atoms with Crippen LogP contribution in [0.25, 0.3) is 11.0 Å². The van der Waals surface area contributed by atoms with Gasteiger partial charge in [0, 0.05) is 11.9 Å². The summed E-state index contributed by atoms with van der Waals surface area (Å²) >= 11 is 0. The number of halogens is 1. The van der Waals surface area contributed by atoms with Crippen molar-refractivity contribution in [3.63, 3.8) is 0 Å². The van der Waals surface area contributed by atoms with Crippen LogP contribution in [0.15, 0.2) is 22.6 Å². The van der Waals surface area contributed by atoms with E-state index in [1.54, 1.807) is 32.2 Å². The van der Waals surface area contributed by atoms with Gasteiger partial charge in [0.25, 0.3) is 5.91 Å². The second-order valence-electron chi connectivity index (χ2n) is 5.48. The Morgan fingerprint density at radius 3 is 3.05 bits per heavy atom. The van der Waals surface area contributed by atoms with E-state index >= 15 is 0 Å². The summed E-state index contributed by atoms with van der Waals surface area (Å²) in [6, 6.07) is 4.77. The van der Waals surface area contributed by atoms with Gasteiger partial charge in [-0.1, -0.05) is 0 Å². The van der Waals surface area contributed by atoms with Crippen molar-refractivity contribution in [1.82, 2.24) is 10.6 Å². The van der Waals surface area contributed by atoms with E-state index < -0.39 is 12.2 Å². The fraction of sp³-hybridized carbons (Fsp3) is 0.438. The number of piperidine rings is 1. The van der Waals surface area contributed by atoms with Crippen LogP contribution in [0.2, 0.25) is 0 Å². The zero-order chi connectivity index (χ0) is 15.7. The summed E-state index contributed by atoms with van der Waals surface area (Å²) in [5, 5.41) is 6.53. The standard InChI is InChI=1S/C16H19FN2O3/c1-9-15(11-7-10(21-2)3-4-14(11)22-9)16(20)19-13-8-18-6-5-12(13)17/h3-4,7,12-13,18H,5-6,8H2,1-2H3,(H,19,20). The SMILES string of the molecule is COc1ccc2oc(C)c(C(=O)NC3CNCCC3F)c2c1. The Bertz CT molecular complexity index is 698. The Balaban J connectivity index is 1.91. The summed E-state index contributed by atoms with van der Waals surface area (Å²) in [5.74, 6) is 0.839. The normalized spacial score (nSPS) is 21.8. The third kappa shape index (κ3) is 2.66. The molecule has 1 fully saturated rings. The average Bonchev–Trinajstić information content (AvgIpc) is 2.84. The van der Waals surface area contributed by atoms with Gasteiger partial charge in [-0.25, -0.2) is 4.39 Å². The predicted octanol–water partition coefficient (Wildman–Crippen LogP) is 2.18. The van der Waals surface area contributed by atoms with Gasteiger partial charge in [-0.15, -0.1) is 0 Å². The zero-order valence-electron chi connectivity index (χ0n) is 12.6. The first-order chi connectivity index (χ1) is 10.6. The van der Waals surface area contributed by atoms with Gasteiger partial charge >= 0.3 is 0 Å². The van der Waals surface area contributed by atoms with Gasteiger partial charge in [0.2, 0.25) is 0 Å². The number of fused-ring (bicyclic) bond motifs is 1. The number of alkyl halides is 1. The summed E-state index contributed by atoms with van der Waals surface area (Å²) < 4.78 is 24.7. The summed E-state index contributed by atoms with van der Waals surface area (Å²) in [6.07, 6.45) is -0.623. The molecule has 2 aromatic rings. The molecule has 1 saturated heterocycles. The highest BCUT2D eigenvalue weighted by Crippen LogP contribution is 2.29. The number of carbonyl (C=O) groups excluding carboxylic acids is 1. The number of benzene rings is 1. The van der Waals surface area contributed by atoms with E-state index in [0.717, 1.165) is 0 Å². The Morgan fingerprint density at radius 1 is 1.50 bits per heavy atom. The zero-order valence-corrected chi connectivity index (χ0v) is 12.6. The molecule has 6 heteroatoms. The average molecular weight is 306 g/mol. The van der Waals surface area contributed by atoms with Crippen molar-refractivity contribution in [3.05, 3.63) is 29.5 Å². The Kier molecular flexibility index (Phi) is 4.02. The van der Waals surface area contributed by atoms with Gasteiger partial charge in [0.05, 0.1) is 18.7 Å². The minimum absolute atomic E-state index is 0.319. The lowest BCUT2D eigenvalue weighted by Gasteiger charge is -2.27. The van der Waals surface area contributed by atoms with Crippen molar-refractivity contribution in [3.8, 4) is 5.75 Å². The van der Waals surface area contributed by atoms with E-state index in [-0.39, 0.29) is 5.91 Å². The number of aryl methyl sites for hydroxylation is 1. The molecule has 1 aromatic carbocycles. The first kappa shape index (κ1) is 14.8. The van der Waals surface area contributed by atoms with E-state index in [4.69, 9.17) is 9.15 Å². The van der Waals surface area contributed by atoms with Gasteiger partial charge in [-0.2, -0.15) is 0 Å². The maximum atomic E-state index is 13.9. The molecule has 0 bridgehead atoms. The summed E-state index contributed by atoms with van der Waals surface area (Å²) in [7, 11) is 1.56. The summed E-state index contributed by atoms with van der Waals surface area (Å²) in [4.78, 5) is 12.5. The molecule has 2 N–H and O–H groups in total. The second kappa shape index (κ2) is 5.96. The number of hydrogen-bond donors (Lipinski definition) is 2. The van der Waals surface area contributed by atoms with Crippen LogP contribution in [0.4, 0.5) is 4.39 Å². The molecule has 0 aliphatic carbocycles. The highest BCUT2D eigenvalue weighted by Gasteiger charge is 2.28. The van der Waals surface area contributed by atoms with Crippen molar-refractivity contribution in [2.75, 3.05) is 20.2 Å². The molecular formula is C16H19FN2O3. The van der Waals surface area contributed by atoms with Crippen molar-refractivity contribution in [1.29, 1.82) is 0 Å². The molecule has 118 valence electrons. The van der Waals surface area contributed by atoms with Gasteiger partial charge in [-0.3, -0.25) is 4.79 Å². The molecule has 5 nitrogen and oxygen atoms in total. The second-order valence-corrected chi connectivity index (χ2v) is 5.48. The van der Waals surface area contributed by atoms with Crippen LogP contribution in [0.5, 0.6) is 5.75 Å². The molecule has 2 heterocycles. The molecule has 1 aromatic heterocycles. The third-order valence-corrected chi connectivity index (χ3v) is 4.01. The van der Waals surface area contributed by atoms with Crippen LogP contribution in [0.1, 0.15) is 22.5 Å². The van der Waals surface area contributed by atoms with E-state index in [0.29, 0.717) is 47.6 Å². The molecule has 1 aliphatic heterocycles. The predicted molar refractivity (Wildman–Crippen MR) is 81.1 cm³/mol. The van der Waals surface area contributed by atoms with Crippen molar-refractivity contribution in [2.24, 2.45) is 0 Å². The maximum Gasteiger partial charge on any atom is 0.255 e. The van der Waals surface area contributed by atoms with Gasteiger partial charge in [-0.05, 0) is 38.1 Å². The van der Waals surface area contributed by atoms with Crippen LogP contribution in [-0.2, 0) is 0 Å². The highest BCUT2D eigenvalue weighted by molar-refractivity contribution is 6.07. The number of carbonyl (C=O) groups is 1. The lowest BCUT2D eigenvalue weighted by molar-refractivity contribution is 0.0892. The van der Waals surface area contributed by atoms with Crippen molar-refractivity contribution in [2.45, 2.75) is 25.6 Å². The lowest BCUT2D eigenvalue weighted by atomic mass is 10.0. The van der Waals surface area contributed by atoms with Crippen molar-refractivity contribution >= 4 is 16.9 Å². The number of hydrogen-bond acceptors (Lipinski definition) is 4. The first-order valence-corrected chi connectivity index (χ1v) is 7.33. The molecule has 3 rings (SSSR count). The molecule has 0 saturated carbocycles. The fourth-order valence-electron chi connectivity index (χ4n) is 2.82. The topological polar surface area (TPSA) is 63.5 Å². The third-order valence-electron chi connectivity index (χ3n) is 4.01.